The number of carbonyl (C=O) groups excluding carboxylic acids is 1. The number of nitrogens with one attached hydrogen (secondary N) is 1. The summed E-state index contributed by atoms with van der Waals surface area (Å²) < 4.78 is 0. The van der Waals surface area contributed by atoms with Gasteiger partial charge < -0.3 is 11.1 Å². The second-order valence-corrected chi connectivity index (χ2v) is 5.71. The molecule has 1 saturated heterocycles. The van der Waals surface area contributed by atoms with Crippen LogP contribution in [0.1, 0.15) is 25.8 Å². The highest BCUT2D eigenvalue weighted by atomic mass is 35.5. The van der Waals surface area contributed by atoms with E-state index in [1.165, 1.54) is 5.56 Å². The summed E-state index contributed by atoms with van der Waals surface area (Å²) in [7, 11) is 0. The Kier molecular flexibility index (Phi) is 7.15. The lowest BCUT2D eigenvalue weighted by molar-refractivity contribution is -0.117. The second kappa shape index (κ2) is 8.37. The molecular formula is C16H26ClN3O. The first-order valence-corrected chi connectivity index (χ1v) is 7.45. The first-order valence-electron chi connectivity index (χ1n) is 7.45. The van der Waals surface area contributed by atoms with E-state index in [9.17, 15) is 4.79 Å². The van der Waals surface area contributed by atoms with Crippen LogP contribution >= 0.6 is 12.4 Å². The molecule has 0 aliphatic carbocycles. The molecule has 21 heavy (non-hydrogen) atoms. The third-order valence-corrected chi connectivity index (χ3v) is 4.12. The van der Waals surface area contributed by atoms with Gasteiger partial charge >= 0.3 is 0 Å². The predicted molar refractivity (Wildman–Crippen MR) is 89.9 cm³/mol. The maximum atomic E-state index is 12.1. The van der Waals surface area contributed by atoms with Gasteiger partial charge in [-0.15, -0.1) is 12.4 Å². The molecule has 5 heteroatoms. The molecule has 2 rings (SSSR count). The van der Waals surface area contributed by atoms with Gasteiger partial charge in [0.1, 0.15) is 0 Å². The second-order valence-electron chi connectivity index (χ2n) is 5.71. The summed E-state index contributed by atoms with van der Waals surface area (Å²) in [6.45, 7) is 6.38. The first kappa shape index (κ1) is 18.0. The van der Waals surface area contributed by atoms with Crippen molar-refractivity contribution in [2.75, 3.05) is 25.0 Å². The number of carbonyl (C=O) groups is 1. The number of likely N-dealkylation sites (tertiary alicyclic amines) is 1. The van der Waals surface area contributed by atoms with Crippen LogP contribution in [-0.4, -0.2) is 36.5 Å². The molecule has 118 valence electrons. The number of aryl methyl sites for hydroxylation is 1. The number of hydrogen-bond acceptors (Lipinski definition) is 3. The number of nitrogens with zero attached hydrogens (tertiary/aromatic N) is 1. The highest BCUT2D eigenvalue weighted by molar-refractivity contribution is 5.92. The maximum Gasteiger partial charge on any atom is 0.238 e. The molecule has 0 radical (unpaired) electrons. The summed E-state index contributed by atoms with van der Waals surface area (Å²) in [4.78, 5) is 14.3. The molecule has 1 amide bonds. The molecule has 0 saturated carbocycles. The number of nitrogens with two attached hydrogens (primary N) is 1. The summed E-state index contributed by atoms with van der Waals surface area (Å²) in [6, 6.07) is 8.48. The third kappa shape index (κ3) is 4.99. The normalized spacial score (nSPS) is 21.9. The van der Waals surface area contributed by atoms with Crippen molar-refractivity contribution in [1.82, 2.24) is 4.90 Å². The Balaban J connectivity index is 0.00000220. The molecule has 1 aromatic carbocycles. The molecule has 1 aliphatic heterocycles. The van der Waals surface area contributed by atoms with Gasteiger partial charge in [0.05, 0.1) is 6.54 Å². The van der Waals surface area contributed by atoms with E-state index in [-0.39, 0.29) is 18.3 Å². The molecule has 2 unspecified atom stereocenters. The van der Waals surface area contributed by atoms with E-state index < -0.39 is 0 Å². The Morgan fingerprint density at radius 1 is 1.38 bits per heavy atom. The smallest absolute Gasteiger partial charge is 0.238 e. The largest absolute Gasteiger partial charge is 0.330 e. The van der Waals surface area contributed by atoms with Crippen LogP contribution in [0.2, 0.25) is 0 Å². The zero-order valence-corrected chi connectivity index (χ0v) is 13.7. The Morgan fingerprint density at radius 2 is 2.05 bits per heavy atom. The van der Waals surface area contributed by atoms with Crippen LogP contribution < -0.4 is 11.1 Å². The van der Waals surface area contributed by atoms with Crippen molar-refractivity contribution in [3.63, 3.8) is 0 Å². The fraction of sp³-hybridized carbons (Fsp3) is 0.562. The van der Waals surface area contributed by atoms with E-state index >= 15 is 0 Å². The number of benzene rings is 1. The minimum absolute atomic E-state index is 0. The third-order valence-electron chi connectivity index (χ3n) is 4.12. The van der Waals surface area contributed by atoms with Crippen molar-refractivity contribution in [3.05, 3.63) is 29.8 Å². The van der Waals surface area contributed by atoms with E-state index in [1.807, 2.05) is 12.1 Å². The first-order chi connectivity index (χ1) is 9.62. The van der Waals surface area contributed by atoms with E-state index in [2.05, 4.69) is 36.2 Å². The van der Waals surface area contributed by atoms with Crippen LogP contribution in [0.25, 0.3) is 0 Å². The maximum absolute atomic E-state index is 12.1. The average molecular weight is 312 g/mol. The SMILES string of the molecule is CCc1ccc(NC(=O)CN2CC(CN)CC2C)cc1.Cl. The highest BCUT2D eigenvalue weighted by Gasteiger charge is 2.29. The lowest BCUT2D eigenvalue weighted by Crippen LogP contribution is -2.36. The molecule has 0 aromatic heterocycles. The molecule has 1 fully saturated rings. The highest BCUT2D eigenvalue weighted by Crippen LogP contribution is 2.21. The van der Waals surface area contributed by atoms with Gasteiger partial charge in [-0.05, 0) is 49.9 Å². The van der Waals surface area contributed by atoms with Gasteiger partial charge in [-0.2, -0.15) is 0 Å². The molecule has 2 atom stereocenters. The van der Waals surface area contributed by atoms with E-state index in [1.54, 1.807) is 0 Å². The molecule has 3 N–H and O–H groups in total. The van der Waals surface area contributed by atoms with Gasteiger partial charge in [0.2, 0.25) is 5.91 Å². The molecule has 0 bridgehead atoms. The summed E-state index contributed by atoms with van der Waals surface area (Å²) >= 11 is 0. The number of rotatable bonds is 5. The van der Waals surface area contributed by atoms with Crippen LogP contribution in [0.15, 0.2) is 24.3 Å². The van der Waals surface area contributed by atoms with Crippen molar-refractivity contribution >= 4 is 24.0 Å². The predicted octanol–water partition coefficient (Wildman–Crippen LogP) is 2.28. The fourth-order valence-corrected chi connectivity index (χ4v) is 2.82. The Hall–Kier alpha value is -1.10. The topological polar surface area (TPSA) is 58.4 Å². The monoisotopic (exact) mass is 311 g/mol. The molecule has 1 aromatic rings. The van der Waals surface area contributed by atoms with Crippen molar-refractivity contribution < 1.29 is 4.79 Å². The van der Waals surface area contributed by atoms with Crippen molar-refractivity contribution in [2.45, 2.75) is 32.7 Å². The fourth-order valence-electron chi connectivity index (χ4n) is 2.82. The zero-order valence-electron chi connectivity index (χ0n) is 12.8. The standard InChI is InChI=1S/C16H25N3O.ClH/c1-3-13-4-6-15(7-5-13)18-16(20)11-19-10-14(9-17)8-12(19)2;/h4-7,12,14H,3,8-11,17H2,1-2H3,(H,18,20);1H. The minimum Gasteiger partial charge on any atom is -0.330 e. The van der Waals surface area contributed by atoms with Crippen LogP contribution in [0.3, 0.4) is 0 Å². The van der Waals surface area contributed by atoms with Crippen molar-refractivity contribution in [1.29, 1.82) is 0 Å². The number of hydrogen-bond donors (Lipinski definition) is 2. The van der Waals surface area contributed by atoms with Crippen LogP contribution in [0.4, 0.5) is 5.69 Å². The van der Waals surface area contributed by atoms with Crippen molar-refractivity contribution in [3.8, 4) is 0 Å². The lowest BCUT2D eigenvalue weighted by atomic mass is 10.1. The number of amides is 1. The Bertz CT molecular complexity index is 449. The molecule has 0 spiro atoms. The molecule has 4 nitrogen and oxygen atoms in total. The summed E-state index contributed by atoms with van der Waals surface area (Å²) in [5.74, 6) is 0.584. The van der Waals surface area contributed by atoms with Crippen LogP contribution in [0.5, 0.6) is 0 Å². The van der Waals surface area contributed by atoms with Gasteiger partial charge in [0, 0.05) is 18.3 Å². The summed E-state index contributed by atoms with van der Waals surface area (Å²) in [5.41, 5.74) is 7.86. The van der Waals surface area contributed by atoms with Gasteiger partial charge in [-0.3, -0.25) is 9.69 Å². The average Bonchev–Trinajstić information content (AvgIpc) is 2.80. The molecular weight excluding hydrogens is 286 g/mol. The van der Waals surface area contributed by atoms with E-state index in [0.29, 0.717) is 25.0 Å². The lowest BCUT2D eigenvalue weighted by Gasteiger charge is -2.20. The summed E-state index contributed by atoms with van der Waals surface area (Å²) in [5, 5.41) is 2.96. The Labute approximate surface area is 133 Å². The number of halogens is 1. The van der Waals surface area contributed by atoms with Crippen LogP contribution in [0, 0.1) is 5.92 Å². The van der Waals surface area contributed by atoms with Gasteiger partial charge in [0.15, 0.2) is 0 Å². The zero-order chi connectivity index (χ0) is 14.5. The van der Waals surface area contributed by atoms with E-state index in [0.717, 1.165) is 25.1 Å². The Morgan fingerprint density at radius 3 is 2.57 bits per heavy atom. The van der Waals surface area contributed by atoms with E-state index in [4.69, 9.17) is 5.73 Å². The van der Waals surface area contributed by atoms with Crippen LogP contribution in [-0.2, 0) is 11.2 Å². The van der Waals surface area contributed by atoms with Gasteiger partial charge in [-0.25, -0.2) is 0 Å². The molecule has 1 aliphatic rings. The summed E-state index contributed by atoms with van der Waals surface area (Å²) in [6.07, 6.45) is 2.11. The quantitative estimate of drug-likeness (QED) is 0.877. The van der Waals surface area contributed by atoms with Crippen molar-refractivity contribution in [2.24, 2.45) is 11.7 Å². The van der Waals surface area contributed by atoms with Gasteiger partial charge in [-0.1, -0.05) is 19.1 Å². The van der Waals surface area contributed by atoms with Gasteiger partial charge in [0.25, 0.3) is 0 Å². The molecule has 1 heterocycles. The minimum atomic E-state index is 0. The number of anilines is 1.